The SMILES string of the molecule is N#Cc1ccc(Oc2ccc3c(c2)[nH]c2ccccc23)nc1. The molecule has 1 N–H and O–H groups in total. The van der Waals surface area contributed by atoms with Gasteiger partial charge in [0.1, 0.15) is 11.8 Å². The van der Waals surface area contributed by atoms with E-state index in [1.165, 1.54) is 11.6 Å². The zero-order valence-corrected chi connectivity index (χ0v) is 11.6. The number of nitrogens with zero attached hydrogens (tertiary/aromatic N) is 2. The van der Waals surface area contributed by atoms with Gasteiger partial charge in [-0.15, -0.1) is 0 Å². The van der Waals surface area contributed by atoms with Gasteiger partial charge in [0.25, 0.3) is 0 Å². The molecule has 4 rings (SSSR count). The Morgan fingerprint density at radius 1 is 0.955 bits per heavy atom. The number of ether oxygens (including phenoxy) is 1. The lowest BCUT2D eigenvalue weighted by molar-refractivity contribution is 0.463. The maximum atomic E-state index is 8.77. The second-order valence-corrected chi connectivity index (χ2v) is 4.98. The van der Waals surface area contributed by atoms with Crippen molar-refractivity contribution in [1.29, 1.82) is 5.26 Å². The van der Waals surface area contributed by atoms with Crippen molar-refractivity contribution in [2.75, 3.05) is 0 Å². The first-order chi connectivity index (χ1) is 10.8. The number of pyridine rings is 1. The summed E-state index contributed by atoms with van der Waals surface area (Å²) in [5.41, 5.74) is 2.64. The molecule has 0 amide bonds. The first kappa shape index (κ1) is 12.4. The Kier molecular flexibility index (Phi) is 2.77. The van der Waals surface area contributed by atoms with Gasteiger partial charge in [-0.25, -0.2) is 4.98 Å². The van der Waals surface area contributed by atoms with Gasteiger partial charge >= 0.3 is 0 Å². The number of rotatable bonds is 2. The zero-order chi connectivity index (χ0) is 14.9. The molecule has 0 radical (unpaired) electrons. The van der Waals surface area contributed by atoms with Crippen molar-refractivity contribution >= 4 is 21.8 Å². The lowest BCUT2D eigenvalue weighted by Crippen LogP contribution is -1.88. The third-order valence-electron chi connectivity index (χ3n) is 3.57. The topological polar surface area (TPSA) is 61.7 Å². The van der Waals surface area contributed by atoms with E-state index in [9.17, 15) is 0 Å². The van der Waals surface area contributed by atoms with Gasteiger partial charge in [0, 0.05) is 34.6 Å². The van der Waals surface area contributed by atoms with Crippen molar-refractivity contribution in [3.63, 3.8) is 0 Å². The zero-order valence-electron chi connectivity index (χ0n) is 11.6. The number of hydrogen-bond acceptors (Lipinski definition) is 3. The summed E-state index contributed by atoms with van der Waals surface area (Å²) in [5.74, 6) is 1.17. The molecule has 0 bridgehead atoms. The minimum atomic E-state index is 0.467. The third kappa shape index (κ3) is 2.05. The van der Waals surface area contributed by atoms with Gasteiger partial charge in [-0.3, -0.25) is 0 Å². The fourth-order valence-electron chi connectivity index (χ4n) is 2.52. The largest absolute Gasteiger partial charge is 0.439 e. The van der Waals surface area contributed by atoms with Crippen LogP contribution in [0.2, 0.25) is 0 Å². The van der Waals surface area contributed by atoms with E-state index in [4.69, 9.17) is 10.00 Å². The second kappa shape index (κ2) is 4.90. The van der Waals surface area contributed by atoms with Gasteiger partial charge in [0.15, 0.2) is 0 Å². The van der Waals surface area contributed by atoms with Crippen molar-refractivity contribution in [2.24, 2.45) is 0 Å². The molecule has 0 spiro atoms. The van der Waals surface area contributed by atoms with Gasteiger partial charge < -0.3 is 9.72 Å². The minimum absolute atomic E-state index is 0.467. The van der Waals surface area contributed by atoms with Crippen LogP contribution in [0.4, 0.5) is 0 Å². The summed E-state index contributed by atoms with van der Waals surface area (Å²) in [6.45, 7) is 0. The molecule has 22 heavy (non-hydrogen) atoms. The summed E-state index contributed by atoms with van der Waals surface area (Å²) in [6.07, 6.45) is 1.50. The van der Waals surface area contributed by atoms with Crippen LogP contribution in [0.5, 0.6) is 11.6 Å². The Hall–Kier alpha value is -3.32. The number of nitrogens with one attached hydrogen (secondary N) is 1. The fraction of sp³-hybridized carbons (Fsp3) is 0. The summed E-state index contributed by atoms with van der Waals surface area (Å²) >= 11 is 0. The number of aromatic nitrogens is 2. The van der Waals surface area contributed by atoms with Crippen LogP contribution in [0.3, 0.4) is 0 Å². The molecule has 0 unspecified atom stereocenters. The van der Waals surface area contributed by atoms with Gasteiger partial charge in [-0.1, -0.05) is 18.2 Å². The summed E-state index contributed by atoms with van der Waals surface area (Å²) in [4.78, 5) is 7.49. The van der Waals surface area contributed by atoms with E-state index in [1.807, 2.05) is 36.4 Å². The number of fused-ring (bicyclic) bond motifs is 3. The van der Waals surface area contributed by atoms with E-state index in [2.05, 4.69) is 22.1 Å². The molecule has 0 fully saturated rings. The maximum Gasteiger partial charge on any atom is 0.219 e. The number of para-hydroxylation sites is 1. The first-order valence-corrected chi connectivity index (χ1v) is 6.88. The number of H-pyrrole nitrogens is 1. The van der Waals surface area contributed by atoms with E-state index in [0.29, 0.717) is 17.2 Å². The van der Waals surface area contributed by atoms with E-state index < -0.39 is 0 Å². The van der Waals surface area contributed by atoms with Crippen LogP contribution < -0.4 is 4.74 Å². The molecular weight excluding hydrogens is 274 g/mol. The van der Waals surface area contributed by atoms with Crippen LogP contribution in [0.15, 0.2) is 60.8 Å². The average Bonchev–Trinajstić information content (AvgIpc) is 2.93. The molecule has 0 aliphatic heterocycles. The normalized spacial score (nSPS) is 10.7. The molecule has 0 atom stereocenters. The maximum absolute atomic E-state index is 8.77. The number of benzene rings is 2. The Bertz CT molecular complexity index is 1010. The highest BCUT2D eigenvalue weighted by Crippen LogP contribution is 2.29. The summed E-state index contributed by atoms with van der Waals surface area (Å²) in [5, 5.41) is 11.1. The van der Waals surface area contributed by atoms with Gasteiger partial charge in [-0.2, -0.15) is 5.26 Å². The van der Waals surface area contributed by atoms with E-state index >= 15 is 0 Å². The Labute approximate surface area is 126 Å². The Morgan fingerprint density at radius 3 is 2.64 bits per heavy atom. The van der Waals surface area contributed by atoms with Crippen LogP contribution in [0.1, 0.15) is 5.56 Å². The monoisotopic (exact) mass is 285 g/mol. The Morgan fingerprint density at radius 2 is 1.82 bits per heavy atom. The molecule has 2 aromatic heterocycles. The Balaban J connectivity index is 1.72. The molecule has 4 aromatic rings. The van der Waals surface area contributed by atoms with Crippen molar-refractivity contribution in [3.8, 4) is 17.7 Å². The molecule has 2 aromatic carbocycles. The molecule has 0 aliphatic rings. The van der Waals surface area contributed by atoms with Gasteiger partial charge in [0.05, 0.1) is 11.1 Å². The number of hydrogen-bond donors (Lipinski definition) is 1. The highest BCUT2D eigenvalue weighted by Gasteiger charge is 2.06. The van der Waals surface area contributed by atoms with Gasteiger partial charge in [0.2, 0.25) is 5.88 Å². The van der Waals surface area contributed by atoms with E-state index in [-0.39, 0.29) is 0 Å². The molecule has 0 saturated carbocycles. The predicted octanol–water partition coefficient (Wildman–Crippen LogP) is 4.38. The molecule has 2 heterocycles. The summed E-state index contributed by atoms with van der Waals surface area (Å²) in [6, 6.07) is 19.5. The van der Waals surface area contributed by atoms with Crippen molar-refractivity contribution in [3.05, 3.63) is 66.4 Å². The van der Waals surface area contributed by atoms with Crippen LogP contribution in [0.25, 0.3) is 21.8 Å². The molecule has 4 heteroatoms. The fourth-order valence-corrected chi connectivity index (χ4v) is 2.52. The van der Waals surface area contributed by atoms with Crippen LogP contribution in [-0.4, -0.2) is 9.97 Å². The summed E-state index contributed by atoms with van der Waals surface area (Å²) < 4.78 is 5.74. The lowest BCUT2D eigenvalue weighted by atomic mass is 10.1. The van der Waals surface area contributed by atoms with E-state index in [0.717, 1.165) is 16.4 Å². The summed E-state index contributed by atoms with van der Waals surface area (Å²) in [7, 11) is 0. The minimum Gasteiger partial charge on any atom is -0.439 e. The standard InChI is InChI=1S/C18H11N3O/c19-10-12-5-8-18(20-11-12)22-13-6-7-15-14-3-1-2-4-16(14)21-17(15)9-13/h1-9,11,21H. The highest BCUT2D eigenvalue weighted by molar-refractivity contribution is 6.07. The number of nitriles is 1. The molecular formula is C18H11N3O. The average molecular weight is 285 g/mol. The number of aromatic amines is 1. The van der Waals surface area contributed by atoms with Crippen LogP contribution in [-0.2, 0) is 0 Å². The smallest absolute Gasteiger partial charge is 0.219 e. The predicted molar refractivity (Wildman–Crippen MR) is 84.8 cm³/mol. The second-order valence-electron chi connectivity index (χ2n) is 4.98. The van der Waals surface area contributed by atoms with E-state index in [1.54, 1.807) is 12.1 Å². The lowest BCUT2D eigenvalue weighted by Gasteiger charge is -2.04. The van der Waals surface area contributed by atoms with Crippen molar-refractivity contribution in [1.82, 2.24) is 9.97 Å². The van der Waals surface area contributed by atoms with Crippen LogP contribution >= 0.6 is 0 Å². The molecule has 4 nitrogen and oxygen atoms in total. The third-order valence-corrected chi connectivity index (χ3v) is 3.57. The first-order valence-electron chi connectivity index (χ1n) is 6.88. The molecule has 0 aliphatic carbocycles. The molecule has 104 valence electrons. The highest BCUT2D eigenvalue weighted by atomic mass is 16.5. The quantitative estimate of drug-likeness (QED) is 0.594. The molecule has 0 saturated heterocycles. The van der Waals surface area contributed by atoms with Crippen molar-refractivity contribution < 1.29 is 4.74 Å². The van der Waals surface area contributed by atoms with Gasteiger partial charge in [-0.05, 0) is 24.3 Å². The van der Waals surface area contributed by atoms with Crippen molar-refractivity contribution in [2.45, 2.75) is 0 Å². The van der Waals surface area contributed by atoms with Crippen LogP contribution in [0, 0.1) is 11.3 Å².